The van der Waals surface area contributed by atoms with E-state index in [9.17, 15) is 0 Å². The van der Waals surface area contributed by atoms with Gasteiger partial charge in [-0.1, -0.05) is 31.0 Å². The number of hydrogen-bond donors (Lipinski definition) is 1. The summed E-state index contributed by atoms with van der Waals surface area (Å²) in [7, 11) is 0. The Balaban J connectivity index is 1.72. The Morgan fingerprint density at radius 3 is 2.33 bits per heavy atom. The number of benzene rings is 1. The van der Waals surface area contributed by atoms with E-state index in [1.165, 1.54) is 62.9 Å². The van der Waals surface area contributed by atoms with Gasteiger partial charge in [0, 0.05) is 25.3 Å². The smallest absolute Gasteiger partial charge is 0.0411 e. The standard InChI is InChI=1S/C16H24N2/c17-13-14-5-1-2-6-15(14)18-11-9-16(10-12-18)7-3-4-8-16/h1-2,5-6H,3-4,7-13,17H2. The number of para-hydroxylation sites is 1. The zero-order valence-corrected chi connectivity index (χ0v) is 11.2. The molecule has 2 nitrogen and oxygen atoms in total. The van der Waals surface area contributed by atoms with Gasteiger partial charge in [0.15, 0.2) is 0 Å². The summed E-state index contributed by atoms with van der Waals surface area (Å²) in [4.78, 5) is 2.55. The molecular weight excluding hydrogens is 220 g/mol. The number of nitrogens with two attached hydrogens (primary N) is 1. The fraction of sp³-hybridized carbons (Fsp3) is 0.625. The molecule has 18 heavy (non-hydrogen) atoms. The minimum absolute atomic E-state index is 0.651. The first-order valence-electron chi connectivity index (χ1n) is 7.36. The molecule has 0 atom stereocenters. The van der Waals surface area contributed by atoms with Gasteiger partial charge in [-0.3, -0.25) is 0 Å². The predicted molar refractivity (Wildman–Crippen MR) is 76.7 cm³/mol. The van der Waals surface area contributed by atoms with Crippen LogP contribution in [-0.2, 0) is 6.54 Å². The van der Waals surface area contributed by atoms with Crippen molar-refractivity contribution in [2.24, 2.45) is 11.1 Å². The molecule has 1 spiro atoms. The van der Waals surface area contributed by atoms with E-state index in [1.807, 2.05) is 0 Å². The van der Waals surface area contributed by atoms with Gasteiger partial charge in [0.1, 0.15) is 0 Å². The lowest BCUT2D eigenvalue weighted by Gasteiger charge is -2.41. The Kier molecular flexibility index (Phi) is 3.29. The summed E-state index contributed by atoms with van der Waals surface area (Å²) in [5.74, 6) is 0. The molecule has 1 aliphatic heterocycles. The molecule has 0 radical (unpaired) electrons. The monoisotopic (exact) mass is 244 g/mol. The van der Waals surface area contributed by atoms with Gasteiger partial charge in [-0.25, -0.2) is 0 Å². The number of nitrogens with zero attached hydrogens (tertiary/aromatic N) is 1. The van der Waals surface area contributed by atoms with Crippen LogP contribution < -0.4 is 10.6 Å². The van der Waals surface area contributed by atoms with Crippen molar-refractivity contribution in [2.45, 2.75) is 45.1 Å². The Morgan fingerprint density at radius 1 is 1.00 bits per heavy atom. The SMILES string of the molecule is NCc1ccccc1N1CCC2(CCCC2)CC1. The molecule has 98 valence electrons. The van der Waals surface area contributed by atoms with Crippen LogP contribution in [0.2, 0.25) is 0 Å². The maximum Gasteiger partial charge on any atom is 0.0411 e. The van der Waals surface area contributed by atoms with Crippen LogP contribution in [0.15, 0.2) is 24.3 Å². The molecule has 1 aromatic rings. The van der Waals surface area contributed by atoms with Crippen LogP contribution >= 0.6 is 0 Å². The fourth-order valence-corrected chi connectivity index (χ4v) is 3.84. The van der Waals surface area contributed by atoms with Gasteiger partial charge in [-0.2, -0.15) is 0 Å². The summed E-state index contributed by atoms with van der Waals surface area (Å²) >= 11 is 0. The van der Waals surface area contributed by atoms with Crippen molar-refractivity contribution in [1.29, 1.82) is 0 Å². The normalized spacial score (nSPS) is 22.6. The number of anilines is 1. The Labute approximate surface area is 110 Å². The molecule has 0 bridgehead atoms. The minimum atomic E-state index is 0.651. The minimum Gasteiger partial charge on any atom is -0.371 e. The number of hydrogen-bond acceptors (Lipinski definition) is 2. The maximum absolute atomic E-state index is 5.85. The third-order valence-electron chi connectivity index (χ3n) is 5.04. The Bertz CT molecular complexity index is 397. The van der Waals surface area contributed by atoms with Gasteiger partial charge in [0.2, 0.25) is 0 Å². The zero-order chi connectivity index (χ0) is 12.4. The molecular formula is C16H24N2. The second-order valence-corrected chi connectivity index (χ2v) is 6.03. The molecule has 2 N–H and O–H groups in total. The van der Waals surface area contributed by atoms with E-state index in [-0.39, 0.29) is 0 Å². The van der Waals surface area contributed by atoms with Crippen LogP contribution in [0, 0.1) is 5.41 Å². The van der Waals surface area contributed by atoms with E-state index < -0.39 is 0 Å². The molecule has 1 heterocycles. The maximum atomic E-state index is 5.85. The second kappa shape index (κ2) is 4.93. The highest BCUT2D eigenvalue weighted by Crippen LogP contribution is 2.46. The molecule has 0 amide bonds. The van der Waals surface area contributed by atoms with Crippen molar-refractivity contribution >= 4 is 5.69 Å². The van der Waals surface area contributed by atoms with Crippen LogP contribution in [-0.4, -0.2) is 13.1 Å². The third-order valence-corrected chi connectivity index (χ3v) is 5.04. The van der Waals surface area contributed by atoms with E-state index in [0.717, 1.165) is 0 Å². The van der Waals surface area contributed by atoms with Crippen LogP contribution in [0.4, 0.5) is 5.69 Å². The second-order valence-electron chi connectivity index (χ2n) is 6.03. The molecule has 2 heteroatoms. The lowest BCUT2D eigenvalue weighted by atomic mass is 9.77. The van der Waals surface area contributed by atoms with Gasteiger partial charge < -0.3 is 10.6 Å². The van der Waals surface area contributed by atoms with Gasteiger partial charge >= 0.3 is 0 Å². The Morgan fingerprint density at radius 2 is 1.67 bits per heavy atom. The van der Waals surface area contributed by atoms with E-state index in [1.54, 1.807) is 0 Å². The van der Waals surface area contributed by atoms with E-state index in [4.69, 9.17) is 5.73 Å². The molecule has 2 aliphatic rings. The molecule has 2 fully saturated rings. The lowest BCUT2D eigenvalue weighted by Crippen LogP contribution is -2.39. The quantitative estimate of drug-likeness (QED) is 0.865. The van der Waals surface area contributed by atoms with Crippen LogP contribution in [0.5, 0.6) is 0 Å². The summed E-state index contributed by atoms with van der Waals surface area (Å²) < 4.78 is 0. The summed E-state index contributed by atoms with van der Waals surface area (Å²) in [5, 5.41) is 0. The Hall–Kier alpha value is -1.02. The van der Waals surface area contributed by atoms with Crippen molar-refractivity contribution in [3.8, 4) is 0 Å². The van der Waals surface area contributed by atoms with Crippen molar-refractivity contribution in [3.05, 3.63) is 29.8 Å². The fourth-order valence-electron chi connectivity index (χ4n) is 3.84. The summed E-state index contributed by atoms with van der Waals surface area (Å²) in [6.45, 7) is 3.09. The van der Waals surface area contributed by atoms with Crippen molar-refractivity contribution < 1.29 is 0 Å². The van der Waals surface area contributed by atoms with Gasteiger partial charge in [-0.15, -0.1) is 0 Å². The molecule has 0 aromatic heterocycles. The van der Waals surface area contributed by atoms with Crippen molar-refractivity contribution in [2.75, 3.05) is 18.0 Å². The van der Waals surface area contributed by atoms with E-state index >= 15 is 0 Å². The van der Waals surface area contributed by atoms with Crippen LogP contribution in [0.1, 0.15) is 44.1 Å². The average molecular weight is 244 g/mol. The van der Waals surface area contributed by atoms with Crippen LogP contribution in [0.3, 0.4) is 0 Å². The highest BCUT2D eigenvalue weighted by Gasteiger charge is 2.37. The molecule has 3 rings (SSSR count). The highest BCUT2D eigenvalue weighted by molar-refractivity contribution is 5.54. The zero-order valence-electron chi connectivity index (χ0n) is 11.2. The lowest BCUT2D eigenvalue weighted by molar-refractivity contribution is 0.226. The average Bonchev–Trinajstić information content (AvgIpc) is 2.88. The van der Waals surface area contributed by atoms with Gasteiger partial charge in [0.05, 0.1) is 0 Å². The van der Waals surface area contributed by atoms with Crippen molar-refractivity contribution in [3.63, 3.8) is 0 Å². The molecule has 1 saturated carbocycles. The first-order chi connectivity index (χ1) is 8.83. The third kappa shape index (κ3) is 2.14. The highest BCUT2D eigenvalue weighted by atomic mass is 15.1. The molecule has 1 aromatic carbocycles. The topological polar surface area (TPSA) is 29.3 Å². The first-order valence-corrected chi connectivity index (χ1v) is 7.36. The summed E-state index contributed by atoms with van der Waals surface area (Å²) in [5.41, 5.74) is 9.21. The summed E-state index contributed by atoms with van der Waals surface area (Å²) in [6, 6.07) is 8.62. The van der Waals surface area contributed by atoms with E-state index in [0.29, 0.717) is 12.0 Å². The van der Waals surface area contributed by atoms with Gasteiger partial charge in [-0.05, 0) is 42.7 Å². The largest absolute Gasteiger partial charge is 0.371 e. The van der Waals surface area contributed by atoms with Crippen LogP contribution in [0.25, 0.3) is 0 Å². The summed E-state index contributed by atoms with van der Waals surface area (Å²) in [6.07, 6.45) is 8.62. The molecule has 1 aliphatic carbocycles. The number of rotatable bonds is 2. The number of piperidine rings is 1. The predicted octanol–water partition coefficient (Wildman–Crippen LogP) is 3.31. The van der Waals surface area contributed by atoms with Gasteiger partial charge in [0.25, 0.3) is 0 Å². The first kappa shape index (κ1) is 12.0. The molecule has 1 saturated heterocycles. The van der Waals surface area contributed by atoms with E-state index in [2.05, 4.69) is 29.2 Å². The molecule has 0 unspecified atom stereocenters. The van der Waals surface area contributed by atoms with Crippen molar-refractivity contribution in [1.82, 2.24) is 0 Å².